The molecule has 2 aromatic rings. The topological polar surface area (TPSA) is 59.8 Å². The lowest BCUT2D eigenvalue weighted by molar-refractivity contribution is 0.635. The zero-order chi connectivity index (χ0) is 13.7. The van der Waals surface area contributed by atoms with E-state index in [0.29, 0.717) is 12.5 Å². The molecule has 0 aliphatic rings. The maximum Gasteiger partial charge on any atom is 0.269 e. The summed E-state index contributed by atoms with van der Waals surface area (Å²) in [5, 5.41) is 7.35. The molecule has 0 amide bonds. The minimum Gasteiger partial charge on any atom is -0.383 e. The Bertz CT molecular complexity index is 577. The highest BCUT2D eigenvalue weighted by Crippen LogP contribution is 2.03. The summed E-state index contributed by atoms with van der Waals surface area (Å²) in [6.45, 7) is 5.50. The van der Waals surface area contributed by atoms with Gasteiger partial charge < -0.3 is 5.32 Å². The van der Waals surface area contributed by atoms with Gasteiger partial charge in [0.05, 0.1) is 18.4 Å². The van der Waals surface area contributed by atoms with Crippen LogP contribution < -0.4 is 10.9 Å². The van der Waals surface area contributed by atoms with Crippen LogP contribution in [-0.4, -0.2) is 21.3 Å². The summed E-state index contributed by atoms with van der Waals surface area (Å²) in [5.41, 5.74) is 1.61. The molecule has 0 bridgehead atoms. The molecule has 0 spiro atoms. The van der Waals surface area contributed by atoms with Crippen molar-refractivity contribution in [3.8, 4) is 0 Å². The maximum atomic E-state index is 11.9. The van der Waals surface area contributed by atoms with Crippen molar-refractivity contribution in [1.29, 1.82) is 0 Å². The smallest absolute Gasteiger partial charge is 0.269 e. The average Bonchev–Trinajstić information content (AvgIpc) is 2.40. The number of anilines is 1. The van der Waals surface area contributed by atoms with Crippen LogP contribution in [0.2, 0.25) is 0 Å². The lowest BCUT2D eigenvalue weighted by Crippen LogP contribution is -2.23. The van der Waals surface area contributed by atoms with Crippen LogP contribution >= 0.6 is 0 Å². The first-order valence-corrected chi connectivity index (χ1v) is 6.35. The first-order valence-electron chi connectivity index (χ1n) is 6.35. The summed E-state index contributed by atoms with van der Waals surface area (Å²) in [6, 6.07) is 5.34. The average molecular weight is 258 g/mol. The minimum atomic E-state index is -0.113. The highest BCUT2D eigenvalue weighted by atomic mass is 16.1. The quantitative estimate of drug-likeness (QED) is 0.887. The molecule has 0 saturated carbocycles. The molecule has 5 nitrogen and oxygen atoms in total. The van der Waals surface area contributed by atoms with Crippen LogP contribution in [0, 0.1) is 5.92 Å². The van der Waals surface area contributed by atoms with Gasteiger partial charge in [0.2, 0.25) is 0 Å². The van der Waals surface area contributed by atoms with E-state index in [-0.39, 0.29) is 5.56 Å². The summed E-state index contributed by atoms with van der Waals surface area (Å²) < 4.78 is 1.43. The largest absolute Gasteiger partial charge is 0.383 e. The zero-order valence-electron chi connectivity index (χ0n) is 11.2. The van der Waals surface area contributed by atoms with E-state index in [2.05, 4.69) is 29.2 Å². The van der Waals surface area contributed by atoms with Crippen molar-refractivity contribution >= 4 is 5.69 Å². The van der Waals surface area contributed by atoms with Gasteiger partial charge in [0.15, 0.2) is 0 Å². The Morgan fingerprint density at radius 2 is 2.21 bits per heavy atom. The van der Waals surface area contributed by atoms with Crippen LogP contribution in [0.5, 0.6) is 0 Å². The van der Waals surface area contributed by atoms with E-state index in [0.717, 1.165) is 17.8 Å². The summed E-state index contributed by atoms with van der Waals surface area (Å²) in [7, 11) is 0. The third-order valence-corrected chi connectivity index (χ3v) is 2.64. The van der Waals surface area contributed by atoms with E-state index in [1.54, 1.807) is 24.7 Å². The van der Waals surface area contributed by atoms with Gasteiger partial charge in [-0.25, -0.2) is 4.68 Å². The van der Waals surface area contributed by atoms with Gasteiger partial charge >= 0.3 is 0 Å². The number of hydrogen-bond acceptors (Lipinski definition) is 4. The molecule has 0 fully saturated rings. The SMILES string of the molecule is CC(C)CNc1cnn(Cc2cccnc2)c(=O)c1. The Morgan fingerprint density at radius 3 is 2.84 bits per heavy atom. The number of hydrogen-bond donors (Lipinski definition) is 1. The Balaban J connectivity index is 2.09. The van der Waals surface area contributed by atoms with Crippen molar-refractivity contribution in [1.82, 2.24) is 14.8 Å². The fraction of sp³-hybridized carbons (Fsp3) is 0.357. The summed E-state index contributed by atoms with van der Waals surface area (Å²) in [5.74, 6) is 0.526. The van der Waals surface area contributed by atoms with Gasteiger partial charge in [-0.05, 0) is 17.5 Å². The van der Waals surface area contributed by atoms with Gasteiger partial charge in [0, 0.05) is 25.0 Å². The van der Waals surface area contributed by atoms with E-state index in [1.165, 1.54) is 4.68 Å². The first kappa shape index (κ1) is 13.3. The molecule has 0 saturated heterocycles. The summed E-state index contributed by atoms with van der Waals surface area (Å²) in [4.78, 5) is 16.0. The van der Waals surface area contributed by atoms with Gasteiger partial charge in [-0.2, -0.15) is 5.10 Å². The predicted octanol–water partition coefficient (Wildman–Crippen LogP) is 1.75. The van der Waals surface area contributed by atoms with Crippen molar-refractivity contribution in [2.45, 2.75) is 20.4 Å². The Morgan fingerprint density at radius 1 is 1.37 bits per heavy atom. The zero-order valence-corrected chi connectivity index (χ0v) is 11.2. The van der Waals surface area contributed by atoms with Gasteiger partial charge in [-0.1, -0.05) is 19.9 Å². The number of pyridine rings is 1. The highest BCUT2D eigenvalue weighted by Gasteiger charge is 2.02. The number of rotatable bonds is 5. The number of aromatic nitrogens is 3. The van der Waals surface area contributed by atoms with E-state index in [9.17, 15) is 4.79 Å². The Kier molecular flexibility index (Phi) is 4.28. The molecule has 2 heterocycles. The molecule has 2 rings (SSSR count). The van der Waals surface area contributed by atoms with Gasteiger partial charge in [-0.15, -0.1) is 0 Å². The lowest BCUT2D eigenvalue weighted by Gasteiger charge is -2.09. The van der Waals surface area contributed by atoms with Crippen molar-refractivity contribution in [2.75, 3.05) is 11.9 Å². The second-order valence-electron chi connectivity index (χ2n) is 4.88. The third-order valence-electron chi connectivity index (χ3n) is 2.64. The van der Waals surface area contributed by atoms with Gasteiger partial charge in [-0.3, -0.25) is 9.78 Å². The normalized spacial score (nSPS) is 10.7. The molecule has 0 unspecified atom stereocenters. The number of nitrogens with one attached hydrogen (secondary N) is 1. The molecule has 0 atom stereocenters. The van der Waals surface area contributed by atoms with E-state index < -0.39 is 0 Å². The predicted molar refractivity (Wildman–Crippen MR) is 75.2 cm³/mol. The summed E-state index contributed by atoms with van der Waals surface area (Å²) in [6.07, 6.45) is 5.12. The lowest BCUT2D eigenvalue weighted by atomic mass is 10.2. The first-order chi connectivity index (χ1) is 9.15. The monoisotopic (exact) mass is 258 g/mol. The highest BCUT2D eigenvalue weighted by molar-refractivity contribution is 5.38. The van der Waals surface area contributed by atoms with E-state index in [4.69, 9.17) is 0 Å². The summed E-state index contributed by atoms with van der Waals surface area (Å²) >= 11 is 0. The van der Waals surface area contributed by atoms with Crippen molar-refractivity contribution in [2.24, 2.45) is 5.92 Å². The standard InChI is InChI=1S/C14H18N4O/c1-11(2)7-16-13-6-14(19)18(17-9-13)10-12-4-3-5-15-8-12/h3-6,8-9,11,16H,7,10H2,1-2H3. The fourth-order valence-corrected chi connectivity index (χ4v) is 1.64. The second kappa shape index (κ2) is 6.13. The van der Waals surface area contributed by atoms with E-state index in [1.807, 2.05) is 12.1 Å². The Hall–Kier alpha value is -2.17. The Labute approximate surface area is 112 Å². The molecular weight excluding hydrogens is 240 g/mol. The van der Waals surface area contributed by atoms with Crippen molar-refractivity contribution in [3.63, 3.8) is 0 Å². The third kappa shape index (κ3) is 3.91. The van der Waals surface area contributed by atoms with Gasteiger partial charge in [0.1, 0.15) is 0 Å². The van der Waals surface area contributed by atoms with Crippen LogP contribution in [0.1, 0.15) is 19.4 Å². The van der Waals surface area contributed by atoms with Crippen LogP contribution in [-0.2, 0) is 6.54 Å². The van der Waals surface area contributed by atoms with Crippen LogP contribution in [0.25, 0.3) is 0 Å². The minimum absolute atomic E-state index is 0.113. The van der Waals surface area contributed by atoms with E-state index >= 15 is 0 Å². The maximum absolute atomic E-state index is 11.9. The molecule has 0 aliphatic carbocycles. The van der Waals surface area contributed by atoms with Gasteiger partial charge in [0.25, 0.3) is 5.56 Å². The molecule has 19 heavy (non-hydrogen) atoms. The second-order valence-corrected chi connectivity index (χ2v) is 4.88. The molecular formula is C14H18N4O. The molecule has 100 valence electrons. The van der Waals surface area contributed by atoms with Crippen LogP contribution in [0.3, 0.4) is 0 Å². The molecule has 2 aromatic heterocycles. The molecule has 5 heteroatoms. The molecule has 0 aromatic carbocycles. The van der Waals surface area contributed by atoms with Crippen LogP contribution in [0.4, 0.5) is 5.69 Å². The molecule has 1 N–H and O–H groups in total. The van der Waals surface area contributed by atoms with Crippen molar-refractivity contribution in [3.05, 3.63) is 52.7 Å². The molecule has 0 radical (unpaired) electrons. The van der Waals surface area contributed by atoms with Crippen molar-refractivity contribution < 1.29 is 0 Å². The number of nitrogens with zero attached hydrogens (tertiary/aromatic N) is 3. The fourth-order valence-electron chi connectivity index (χ4n) is 1.64. The molecule has 0 aliphatic heterocycles. The van der Waals surface area contributed by atoms with Crippen LogP contribution in [0.15, 0.2) is 41.6 Å².